The molecule has 6 heteroatoms. The van der Waals surface area contributed by atoms with Crippen molar-refractivity contribution in [3.63, 3.8) is 0 Å². The fraction of sp³-hybridized carbons (Fsp3) is 0.769. The Kier molecular flexibility index (Phi) is 6.32. The lowest BCUT2D eigenvalue weighted by Crippen LogP contribution is -2.42. The monoisotopic (exact) mass is 270 g/mol. The highest BCUT2D eigenvalue weighted by Gasteiger charge is 2.25. The highest BCUT2D eigenvalue weighted by molar-refractivity contribution is 5.80. The van der Waals surface area contributed by atoms with Crippen LogP contribution in [0, 0.1) is 5.92 Å². The van der Waals surface area contributed by atoms with Crippen molar-refractivity contribution in [2.45, 2.75) is 33.1 Å². The number of ether oxygens (including phenoxy) is 1. The van der Waals surface area contributed by atoms with Crippen LogP contribution in [-0.4, -0.2) is 48.9 Å². The molecule has 1 heterocycles. The minimum absolute atomic E-state index is 0.0347. The molecule has 1 rings (SSSR count). The molecule has 1 N–H and O–H groups in total. The van der Waals surface area contributed by atoms with Gasteiger partial charge in [-0.05, 0) is 19.8 Å². The molecule has 6 nitrogen and oxygen atoms in total. The Morgan fingerprint density at radius 2 is 1.89 bits per heavy atom. The largest absolute Gasteiger partial charge is 0.466 e. The summed E-state index contributed by atoms with van der Waals surface area (Å²) in [6.07, 6.45) is 1.57. The Morgan fingerprint density at radius 1 is 1.26 bits per heavy atom. The number of nitrogens with zero attached hydrogens (tertiary/aromatic N) is 1. The Bertz CT molecular complexity index is 336. The van der Waals surface area contributed by atoms with E-state index < -0.39 is 0 Å². The third-order valence-electron chi connectivity index (χ3n) is 3.24. The van der Waals surface area contributed by atoms with Crippen LogP contribution < -0.4 is 5.32 Å². The molecule has 1 aliphatic heterocycles. The molecule has 0 unspecified atom stereocenters. The van der Waals surface area contributed by atoms with Crippen molar-refractivity contribution in [1.29, 1.82) is 0 Å². The fourth-order valence-electron chi connectivity index (χ4n) is 2.12. The number of hydrogen-bond acceptors (Lipinski definition) is 4. The van der Waals surface area contributed by atoms with E-state index in [9.17, 15) is 14.4 Å². The van der Waals surface area contributed by atoms with Crippen LogP contribution in [0.3, 0.4) is 0 Å². The summed E-state index contributed by atoms with van der Waals surface area (Å²) < 4.78 is 4.78. The fourth-order valence-corrected chi connectivity index (χ4v) is 2.12. The molecule has 1 saturated heterocycles. The Hall–Kier alpha value is -1.59. The number of hydrogen-bond donors (Lipinski definition) is 1. The second-order valence-corrected chi connectivity index (χ2v) is 4.63. The third kappa shape index (κ3) is 5.28. The summed E-state index contributed by atoms with van der Waals surface area (Å²) >= 11 is 0. The van der Waals surface area contributed by atoms with Gasteiger partial charge in [0.25, 0.3) is 0 Å². The smallest absolute Gasteiger partial charge is 0.307 e. The van der Waals surface area contributed by atoms with Crippen LogP contribution in [0.15, 0.2) is 0 Å². The maximum atomic E-state index is 11.8. The zero-order valence-corrected chi connectivity index (χ0v) is 11.6. The second kappa shape index (κ2) is 7.76. The van der Waals surface area contributed by atoms with Crippen molar-refractivity contribution in [3.05, 3.63) is 0 Å². The van der Waals surface area contributed by atoms with Gasteiger partial charge in [0.2, 0.25) is 11.8 Å². The molecule has 0 bridgehead atoms. The maximum absolute atomic E-state index is 11.8. The highest BCUT2D eigenvalue weighted by atomic mass is 16.5. The van der Waals surface area contributed by atoms with Crippen LogP contribution in [0.5, 0.6) is 0 Å². The predicted molar refractivity (Wildman–Crippen MR) is 69.2 cm³/mol. The Morgan fingerprint density at radius 3 is 2.42 bits per heavy atom. The lowest BCUT2D eigenvalue weighted by atomic mass is 9.96. The standard InChI is InChI=1S/C13H22N2O4/c1-3-19-12(17)4-7-14-13(18)11-5-8-15(9-6-11)10(2)16/h11H,3-9H2,1-2H3,(H,14,18). The summed E-state index contributed by atoms with van der Waals surface area (Å²) in [6.45, 7) is 5.22. The average Bonchev–Trinajstić information content (AvgIpc) is 2.39. The molecule has 1 aliphatic rings. The first-order valence-corrected chi connectivity index (χ1v) is 6.73. The predicted octanol–water partition coefficient (Wildman–Crippen LogP) is 0.314. The molecule has 108 valence electrons. The molecule has 0 aromatic rings. The van der Waals surface area contributed by atoms with Crippen LogP contribution >= 0.6 is 0 Å². The van der Waals surface area contributed by atoms with E-state index in [1.807, 2.05) is 0 Å². The van der Waals surface area contributed by atoms with E-state index in [1.165, 1.54) is 0 Å². The maximum Gasteiger partial charge on any atom is 0.307 e. The zero-order valence-electron chi connectivity index (χ0n) is 11.6. The SMILES string of the molecule is CCOC(=O)CCNC(=O)C1CCN(C(C)=O)CC1. The minimum atomic E-state index is -0.297. The molecule has 0 spiro atoms. The van der Waals surface area contributed by atoms with Crippen molar-refractivity contribution in [3.8, 4) is 0 Å². The molecular formula is C13H22N2O4. The van der Waals surface area contributed by atoms with Crippen LogP contribution in [0.25, 0.3) is 0 Å². The second-order valence-electron chi connectivity index (χ2n) is 4.63. The first-order chi connectivity index (χ1) is 9.04. The minimum Gasteiger partial charge on any atom is -0.466 e. The summed E-state index contributed by atoms with van der Waals surface area (Å²) in [5.74, 6) is -0.333. The number of rotatable bonds is 5. The van der Waals surface area contributed by atoms with Crippen molar-refractivity contribution in [2.75, 3.05) is 26.2 Å². The molecule has 19 heavy (non-hydrogen) atoms. The summed E-state index contributed by atoms with van der Waals surface area (Å²) in [5.41, 5.74) is 0. The molecule has 0 saturated carbocycles. The number of piperidine rings is 1. The summed E-state index contributed by atoms with van der Waals surface area (Å²) in [5, 5.41) is 2.74. The van der Waals surface area contributed by atoms with Crippen LogP contribution in [0.4, 0.5) is 0 Å². The first-order valence-electron chi connectivity index (χ1n) is 6.73. The quantitative estimate of drug-likeness (QED) is 0.730. The number of amides is 2. The van der Waals surface area contributed by atoms with Gasteiger partial charge in [0.1, 0.15) is 0 Å². The van der Waals surface area contributed by atoms with Gasteiger partial charge in [0.15, 0.2) is 0 Å². The molecule has 0 radical (unpaired) electrons. The average molecular weight is 270 g/mol. The Balaban J connectivity index is 2.21. The molecule has 0 aromatic carbocycles. The Labute approximate surface area is 113 Å². The summed E-state index contributed by atoms with van der Waals surface area (Å²) in [7, 11) is 0. The topological polar surface area (TPSA) is 75.7 Å². The van der Waals surface area contributed by atoms with Gasteiger partial charge < -0.3 is 15.0 Å². The van der Waals surface area contributed by atoms with Gasteiger partial charge >= 0.3 is 5.97 Å². The van der Waals surface area contributed by atoms with Crippen molar-refractivity contribution >= 4 is 17.8 Å². The highest BCUT2D eigenvalue weighted by Crippen LogP contribution is 2.17. The van der Waals surface area contributed by atoms with Gasteiger partial charge in [-0.15, -0.1) is 0 Å². The first kappa shape index (κ1) is 15.5. The molecular weight excluding hydrogens is 248 g/mol. The lowest BCUT2D eigenvalue weighted by molar-refractivity contribution is -0.143. The van der Waals surface area contributed by atoms with E-state index in [0.29, 0.717) is 39.1 Å². The van der Waals surface area contributed by atoms with Crippen LogP contribution in [0.2, 0.25) is 0 Å². The number of esters is 1. The van der Waals surface area contributed by atoms with Gasteiger partial charge in [-0.2, -0.15) is 0 Å². The van der Waals surface area contributed by atoms with E-state index in [2.05, 4.69) is 5.32 Å². The molecule has 0 aliphatic carbocycles. The van der Waals surface area contributed by atoms with Crippen molar-refractivity contribution < 1.29 is 19.1 Å². The van der Waals surface area contributed by atoms with E-state index in [4.69, 9.17) is 4.74 Å². The van der Waals surface area contributed by atoms with Gasteiger partial charge in [0, 0.05) is 32.5 Å². The lowest BCUT2D eigenvalue weighted by Gasteiger charge is -2.30. The van der Waals surface area contributed by atoms with Gasteiger partial charge in [0.05, 0.1) is 13.0 Å². The van der Waals surface area contributed by atoms with Crippen molar-refractivity contribution in [1.82, 2.24) is 10.2 Å². The van der Waals surface area contributed by atoms with E-state index in [0.717, 1.165) is 0 Å². The summed E-state index contributed by atoms with van der Waals surface area (Å²) in [6, 6.07) is 0. The molecule has 1 fully saturated rings. The van der Waals surface area contributed by atoms with Crippen molar-refractivity contribution in [2.24, 2.45) is 5.92 Å². The van der Waals surface area contributed by atoms with E-state index in [-0.39, 0.29) is 30.1 Å². The van der Waals surface area contributed by atoms with Gasteiger partial charge in [-0.25, -0.2) is 0 Å². The number of likely N-dealkylation sites (tertiary alicyclic amines) is 1. The van der Waals surface area contributed by atoms with E-state index >= 15 is 0 Å². The molecule has 2 amide bonds. The van der Waals surface area contributed by atoms with Gasteiger partial charge in [-0.3, -0.25) is 14.4 Å². The molecule has 0 atom stereocenters. The number of carbonyl (C=O) groups excluding carboxylic acids is 3. The van der Waals surface area contributed by atoms with Crippen LogP contribution in [-0.2, 0) is 19.1 Å². The number of nitrogens with one attached hydrogen (secondary N) is 1. The summed E-state index contributed by atoms with van der Waals surface area (Å²) in [4.78, 5) is 35.9. The van der Waals surface area contributed by atoms with Crippen LogP contribution in [0.1, 0.15) is 33.1 Å². The van der Waals surface area contributed by atoms with E-state index in [1.54, 1.807) is 18.7 Å². The molecule has 0 aromatic heterocycles. The third-order valence-corrected chi connectivity index (χ3v) is 3.24. The van der Waals surface area contributed by atoms with Gasteiger partial charge in [-0.1, -0.05) is 0 Å². The normalized spacial score (nSPS) is 16.0. The number of carbonyl (C=O) groups is 3. The zero-order chi connectivity index (χ0) is 14.3.